The Kier molecular flexibility index (Phi) is 4.61. The lowest BCUT2D eigenvalue weighted by atomic mass is 10.1. The molecule has 1 fully saturated rings. The number of nitrogens with zero attached hydrogens (tertiary/aromatic N) is 3. The second kappa shape index (κ2) is 6.70. The Morgan fingerprint density at radius 1 is 1.04 bits per heavy atom. The Bertz CT molecular complexity index is 820. The first-order valence-electron chi connectivity index (χ1n) is 8.35. The third-order valence-corrected chi connectivity index (χ3v) is 4.85. The molecule has 0 unspecified atom stereocenters. The first kappa shape index (κ1) is 17.2. The maximum absolute atomic E-state index is 14.3. The van der Waals surface area contributed by atoms with E-state index in [2.05, 4.69) is 0 Å². The SMILES string of the molecule is CC(=O)c1ccc(N2CCN(C(=O)c3ccc(C)n3C)CC2)c(F)c1. The average Bonchev–Trinajstić information content (AvgIpc) is 2.93. The van der Waals surface area contributed by atoms with Crippen molar-refractivity contribution in [2.75, 3.05) is 31.1 Å². The first-order chi connectivity index (χ1) is 11.9. The monoisotopic (exact) mass is 343 g/mol. The highest BCUT2D eigenvalue weighted by Gasteiger charge is 2.25. The first-order valence-corrected chi connectivity index (χ1v) is 8.35. The third-order valence-electron chi connectivity index (χ3n) is 4.85. The van der Waals surface area contributed by atoms with Crippen molar-refractivity contribution in [3.8, 4) is 0 Å². The zero-order valence-corrected chi connectivity index (χ0v) is 14.8. The normalized spacial score (nSPS) is 14.7. The van der Waals surface area contributed by atoms with E-state index in [9.17, 15) is 14.0 Å². The topological polar surface area (TPSA) is 45.6 Å². The summed E-state index contributed by atoms with van der Waals surface area (Å²) in [6, 6.07) is 8.33. The summed E-state index contributed by atoms with van der Waals surface area (Å²) >= 11 is 0. The molecule has 2 aromatic rings. The van der Waals surface area contributed by atoms with Crippen molar-refractivity contribution in [1.29, 1.82) is 0 Å². The van der Waals surface area contributed by atoms with Crippen LogP contribution in [-0.4, -0.2) is 47.3 Å². The molecule has 1 aromatic carbocycles. The van der Waals surface area contributed by atoms with E-state index < -0.39 is 5.82 Å². The van der Waals surface area contributed by atoms with E-state index in [0.29, 0.717) is 43.1 Å². The minimum Gasteiger partial charge on any atom is -0.366 e. The molecule has 0 saturated carbocycles. The predicted octanol–water partition coefficient (Wildman–Crippen LogP) is 2.64. The van der Waals surface area contributed by atoms with Crippen LogP contribution in [0.1, 0.15) is 33.5 Å². The van der Waals surface area contributed by atoms with Gasteiger partial charge in [0.05, 0.1) is 5.69 Å². The van der Waals surface area contributed by atoms with Crippen LogP contribution >= 0.6 is 0 Å². The fraction of sp³-hybridized carbons (Fsp3) is 0.368. The summed E-state index contributed by atoms with van der Waals surface area (Å²) in [7, 11) is 1.88. The van der Waals surface area contributed by atoms with Crippen LogP contribution in [0.15, 0.2) is 30.3 Å². The molecule has 0 N–H and O–H groups in total. The maximum Gasteiger partial charge on any atom is 0.270 e. The number of hydrogen-bond donors (Lipinski definition) is 0. The molecule has 0 spiro atoms. The van der Waals surface area contributed by atoms with Gasteiger partial charge in [0.25, 0.3) is 5.91 Å². The maximum atomic E-state index is 14.3. The minimum absolute atomic E-state index is 0.00245. The molecule has 25 heavy (non-hydrogen) atoms. The van der Waals surface area contributed by atoms with E-state index in [4.69, 9.17) is 0 Å². The molecule has 0 bridgehead atoms. The minimum atomic E-state index is -0.398. The van der Waals surface area contributed by atoms with E-state index in [1.54, 1.807) is 17.0 Å². The van der Waals surface area contributed by atoms with Crippen LogP contribution in [0.25, 0.3) is 0 Å². The van der Waals surface area contributed by atoms with Crippen molar-refractivity contribution in [2.45, 2.75) is 13.8 Å². The van der Waals surface area contributed by atoms with Crippen LogP contribution < -0.4 is 4.90 Å². The van der Waals surface area contributed by atoms with Gasteiger partial charge in [0.2, 0.25) is 0 Å². The number of aromatic nitrogens is 1. The predicted molar refractivity (Wildman–Crippen MR) is 94.7 cm³/mol. The van der Waals surface area contributed by atoms with Gasteiger partial charge in [-0.2, -0.15) is 0 Å². The van der Waals surface area contributed by atoms with Crippen molar-refractivity contribution in [3.63, 3.8) is 0 Å². The van der Waals surface area contributed by atoms with Crippen molar-refractivity contribution in [1.82, 2.24) is 9.47 Å². The molecule has 5 nitrogen and oxygen atoms in total. The van der Waals surface area contributed by atoms with Crippen molar-refractivity contribution in [3.05, 3.63) is 53.1 Å². The zero-order chi connectivity index (χ0) is 18.1. The molecule has 1 aromatic heterocycles. The van der Waals surface area contributed by atoms with Gasteiger partial charge in [-0.1, -0.05) is 0 Å². The summed E-state index contributed by atoms with van der Waals surface area (Å²) in [5.41, 5.74) is 2.55. The summed E-state index contributed by atoms with van der Waals surface area (Å²) in [4.78, 5) is 27.7. The van der Waals surface area contributed by atoms with Crippen LogP contribution in [0.5, 0.6) is 0 Å². The molecule has 1 saturated heterocycles. The number of amides is 1. The second-order valence-corrected chi connectivity index (χ2v) is 6.42. The summed E-state index contributed by atoms with van der Waals surface area (Å²) in [6.45, 7) is 5.58. The Morgan fingerprint density at radius 2 is 1.72 bits per heavy atom. The number of halogens is 1. The molecule has 0 atom stereocenters. The van der Waals surface area contributed by atoms with Crippen molar-refractivity contribution in [2.24, 2.45) is 7.05 Å². The van der Waals surface area contributed by atoms with Gasteiger partial charge in [-0.3, -0.25) is 9.59 Å². The molecule has 3 rings (SSSR count). The van der Waals surface area contributed by atoms with Gasteiger partial charge < -0.3 is 14.4 Å². The highest BCUT2D eigenvalue weighted by molar-refractivity contribution is 5.94. The Hall–Kier alpha value is -2.63. The number of Topliss-reactive ketones (excluding diaryl/α,β-unsaturated/α-hetero) is 1. The molecule has 0 radical (unpaired) electrons. The number of aryl methyl sites for hydroxylation is 1. The molecule has 1 aliphatic rings. The van der Waals surface area contributed by atoms with Crippen LogP contribution in [0.3, 0.4) is 0 Å². The number of benzene rings is 1. The number of hydrogen-bond acceptors (Lipinski definition) is 3. The molecule has 0 aliphatic carbocycles. The number of carbonyl (C=O) groups is 2. The fourth-order valence-electron chi connectivity index (χ4n) is 3.12. The van der Waals surface area contributed by atoms with Crippen LogP contribution in [0, 0.1) is 12.7 Å². The zero-order valence-electron chi connectivity index (χ0n) is 14.8. The largest absolute Gasteiger partial charge is 0.366 e. The number of carbonyl (C=O) groups excluding carboxylic acids is 2. The van der Waals surface area contributed by atoms with Gasteiger partial charge >= 0.3 is 0 Å². The van der Waals surface area contributed by atoms with E-state index in [-0.39, 0.29) is 11.7 Å². The number of anilines is 1. The smallest absolute Gasteiger partial charge is 0.270 e. The molecule has 1 amide bonds. The van der Waals surface area contributed by atoms with E-state index in [1.807, 2.05) is 35.6 Å². The summed E-state index contributed by atoms with van der Waals surface area (Å²) in [5.74, 6) is -0.549. The lowest BCUT2D eigenvalue weighted by Crippen LogP contribution is -2.49. The van der Waals surface area contributed by atoms with E-state index in [0.717, 1.165) is 5.69 Å². The average molecular weight is 343 g/mol. The second-order valence-electron chi connectivity index (χ2n) is 6.42. The van der Waals surface area contributed by atoms with Crippen LogP contribution in [-0.2, 0) is 7.05 Å². The quantitative estimate of drug-likeness (QED) is 0.805. The van der Waals surface area contributed by atoms with Crippen LogP contribution in [0.4, 0.5) is 10.1 Å². The van der Waals surface area contributed by atoms with Gasteiger partial charge in [0.1, 0.15) is 11.5 Å². The van der Waals surface area contributed by atoms with Gasteiger partial charge in [-0.05, 0) is 44.2 Å². The van der Waals surface area contributed by atoms with Crippen molar-refractivity contribution >= 4 is 17.4 Å². The Morgan fingerprint density at radius 3 is 2.24 bits per heavy atom. The Balaban J connectivity index is 1.69. The molecule has 132 valence electrons. The van der Waals surface area contributed by atoms with Gasteiger partial charge in [-0.15, -0.1) is 0 Å². The highest BCUT2D eigenvalue weighted by atomic mass is 19.1. The fourth-order valence-corrected chi connectivity index (χ4v) is 3.12. The molecule has 6 heteroatoms. The van der Waals surface area contributed by atoms with Gasteiger partial charge in [0.15, 0.2) is 5.78 Å². The summed E-state index contributed by atoms with van der Waals surface area (Å²) < 4.78 is 16.2. The standard InChI is InChI=1S/C19H22FN3O2/c1-13-4-6-18(21(13)3)19(25)23-10-8-22(9-11-23)17-7-5-15(14(2)24)12-16(17)20/h4-7,12H,8-11H2,1-3H3. The summed E-state index contributed by atoms with van der Waals surface area (Å²) in [6.07, 6.45) is 0. The van der Waals surface area contributed by atoms with Crippen LogP contribution in [0.2, 0.25) is 0 Å². The molecular formula is C19H22FN3O2. The van der Waals surface area contributed by atoms with Gasteiger partial charge in [0, 0.05) is 44.5 Å². The number of rotatable bonds is 3. The number of ketones is 1. The lowest BCUT2D eigenvalue weighted by molar-refractivity contribution is 0.0736. The van der Waals surface area contributed by atoms with Gasteiger partial charge in [-0.25, -0.2) is 4.39 Å². The molecule has 2 heterocycles. The third kappa shape index (κ3) is 3.29. The van der Waals surface area contributed by atoms with E-state index >= 15 is 0 Å². The highest BCUT2D eigenvalue weighted by Crippen LogP contribution is 2.23. The summed E-state index contributed by atoms with van der Waals surface area (Å²) in [5, 5.41) is 0. The lowest BCUT2D eigenvalue weighted by Gasteiger charge is -2.36. The Labute approximate surface area is 146 Å². The van der Waals surface area contributed by atoms with Crippen molar-refractivity contribution < 1.29 is 14.0 Å². The molecular weight excluding hydrogens is 321 g/mol. The molecule has 1 aliphatic heterocycles. The van der Waals surface area contributed by atoms with E-state index in [1.165, 1.54) is 13.0 Å². The number of piperazine rings is 1.